The number of ether oxygens (including phenoxy) is 1. The van der Waals surface area contributed by atoms with Crippen LogP contribution >= 0.6 is 0 Å². The third-order valence-corrected chi connectivity index (χ3v) is 7.60. The molecule has 1 fully saturated rings. The van der Waals surface area contributed by atoms with Crippen LogP contribution in [0.2, 0.25) is 0 Å². The van der Waals surface area contributed by atoms with Crippen molar-refractivity contribution in [1.82, 2.24) is 24.7 Å². The molecule has 1 N–H and O–H groups in total. The molecular formula is C34H41N7O3. The highest BCUT2D eigenvalue weighted by atomic mass is 16.5. The van der Waals surface area contributed by atoms with Crippen LogP contribution in [-0.2, 0) is 16.1 Å². The average Bonchev–Trinajstić information content (AvgIpc) is 2.97. The van der Waals surface area contributed by atoms with Crippen LogP contribution in [0.15, 0.2) is 79.0 Å². The number of hydrogen-bond donors (Lipinski definition) is 1. The van der Waals surface area contributed by atoms with Gasteiger partial charge in [-0.3, -0.25) is 14.5 Å². The van der Waals surface area contributed by atoms with Gasteiger partial charge < -0.3 is 24.8 Å². The number of likely N-dealkylation sites (tertiary alicyclic amines) is 1. The SMILES string of the molecule is CN(C)C/C=C/C(=O)N1CC(C(=O)N(C)c2cc3cc(c2)Nc2nccc(n2)-c2cccc(c2)OCC/C=C/CN(C)C3)C1. The Balaban J connectivity index is 1.37. The van der Waals surface area contributed by atoms with Crippen molar-refractivity contribution in [3.8, 4) is 17.0 Å². The summed E-state index contributed by atoms with van der Waals surface area (Å²) in [5.41, 5.74) is 4.31. The Morgan fingerprint density at radius 3 is 2.75 bits per heavy atom. The molecule has 0 spiro atoms. The molecule has 5 rings (SSSR count). The van der Waals surface area contributed by atoms with E-state index < -0.39 is 0 Å². The largest absolute Gasteiger partial charge is 0.493 e. The number of rotatable bonds is 5. The van der Waals surface area contributed by atoms with E-state index in [1.165, 1.54) is 0 Å². The lowest BCUT2D eigenvalue weighted by molar-refractivity contribution is -0.138. The highest BCUT2D eigenvalue weighted by molar-refractivity contribution is 5.98. The first kappa shape index (κ1) is 30.9. The molecule has 230 valence electrons. The van der Waals surface area contributed by atoms with Gasteiger partial charge in [0.15, 0.2) is 0 Å². The highest BCUT2D eigenvalue weighted by Crippen LogP contribution is 2.29. The zero-order chi connectivity index (χ0) is 31.1. The maximum Gasteiger partial charge on any atom is 0.246 e. The number of fused-ring (bicyclic) bond motifs is 7. The van der Waals surface area contributed by atoms with E-state index in [9.17, 15) is 9.59 Å². The maximum absolute atomic E-state index is 13.5. The smallest absolute Gasteiger partial charge is 0.246 e. The fourth-order valence-corrected chi connectivity index (χ4v) is 5.16. The second kappa shape index (κ2) is 14.3. The van der Waals surface area contributed by atoms with Gasteiger partial charge in [-0.15, -0.1) is 0 Å². The number of carbonyl (C=O) groups is 2. The van der Waals surface area contributed by atoms with Crippen molar-refractivity contribution >= 4 is 29.1 Å². The first-order valence-corrected chi connectivity index (χ1v) is 14.9. The van der Waals surface area contributed by atoms with Gasteiger partial charge in [-0.05, 0) is 69.5 Å². The fourth-order valence-electron chi connectivity index (χ4n) is 5.16. The number of benzene rings is 2. The summed E-state index contributed by atoms with van der Waals surface area (Å²) in [6.45, 7) is 3.58. The van der Waals surface area contributed by atoms with Gasteiger partial charge in [0.25, 0.3) is 0 Å². The van der Waals surface area contributed by atoms with Crippen molar-refractivity contribution in [2.75, 3.05) is 71.2 Å². The molecule has 2 amide bonds. The summed E-state index contributed by atoms with van der Waals surface area (Å²) in [5, 5.41) is 3.36. The lowest BCUT2D eigenvalue weighted by atomic mass is 9.98. The normalized spacial score (nSPS) is 16.8. The minimum absolute atomic E-state index is 0.0134. The number of amides is 2. The molecule has 1 saturated heterocycles. The van der Waals surface area contributed by atoms with Crippen LogP contribution in [0.1, 0.15) is 12.0 Å². The third kappa shape index (κ3) is 8.09. The molecule has 6 bridgehead atoms. The summed E-state index contributed by atoms with van der Waals surface area (Å²) in [5.74, 6) is 0.945. The first-order valence-electron chi connectivity index (χ1n) is 14.9. The van der Waals surface area contributed by atoms with E-state index >= 15 is 0 Å². The Hall–Kier alpha value is -4.54. The summed E-state index contributed by atoms with van der Waals surface area (Å²) in [4.78, 5) is 42.8. The Kier molecular flexibility index (Phi) is 10.0. The summed E-state index contributed by atoms with van der Waals surface area (Å²) in [6, 6.07) is 15.8. The average molecular weight is 596 g/mol. The summed E-state index contributed by atoms with van der Waals surface area (Å²) in [6.07, 6.45) is 10.3. The van der Waals surface area contributed by atoms with Gasteiger partial charge in [0, 0.05) is 69.0 Å². The van der Waals surface area contributed by atoms with Gasteiger partial charge in [0.1, 0.15) is 5.75 Å². The highest BCUT2D eigenvalue weighted by Gasteiger charge is 2.36. The van der Waals surface area contributed by atoms with Crippen molar-refractivity contribution < 1.29 is 14.3 Å². The molecule has 10 heteroatoms. The molecule has 0 radical (unpaired) electrons. The van der Waals surface area contributed by atoms with E-state index in [0.29, 0.717) is 38.7 Å². The van der Waals surface area contributed by atoms with E-state index in [1.807, 2.05) is 67.5 Å². The van der Waals surface area contributed by atoms with Gasteiger partial charge in [-0.25, -0.2) is 9.97 Å². The zero-order valence-electron chi connectivity index (χ0n) is 25.9. The van der Waals surface area contributed by atoms with Crippen LogP contribution in [0.5, 0.6) is 5.75 Å². The first-order chi connectivity index (χ1) is 21.2. The molecule has 3 aromatic rings. The number of carbonyl (C=O) groups excluding carboxylic acids is 2. The molecule has 2 aromatic carbocycles. The van der Waals surface area contributed by atoms with Gasteiger partial charge >= 0.3 is 0 Å². The van der Waals surface area contributed by atoms with Crippen molar-refractivity contribution in [3.63, 3.8) is 0 Å². The standard InChI is InChI=1S/C34H41N7O3/c1-38(2)15-9-12-32(42)41-23-27(24-41)33(43)40(4)29-19-25-18-28(21-29)36-34-35-14-13-31(37-34)26-10-8-11-30(20-26)44-17-7-5-6-16-39(3)22-25/h5-6,8-14,18-21,27H,7,15-17,22-24H2,1-4H3,(H,35,36,37)/b6-5+,12-9+. The van der Waals surface area contributed by atoms with Crippen LogP contribution in [0, 0.1) is 5.92 Å². The Bertz CT molecular complexity index is 1530. The number of nitrogens with zero attached hydrogens (tertiary/aromatic N) is 6. The molecule has 0 unspecified atom stereocenters. The minimum Gasteiger partial charge on any atom is -0.493 e. The van der Waals surface area contributed by atoms with Gasteiger partial charge in [0.2, 0.25) is 17.8 Å². The number of aromatic nitrogens is 2. The van der Waals surface area contributed by atoms with Crippen molar-refractivity contribution in [2.24, 2.45) is 5.92 Å². The van der Waals surface area contributed by atoms with Crippen LogP contribution in [-0.4, -0.2) is 97.5 Å². The van der Waals surface area contributed by atoms with Crippen molar-refractivity contribution in [3.05, 3.63) is 84.6 Å². The molecule has 0 saturated carbocycles. The zero-order valence-corrected chi connectivity index (χ0v) is 25.9. The van der Waals surface area contributed by atoms with Crippen LogP contribution in [0.4, 0.5) is 17.3 Å². The number of hydrogen-bond acceptors (Lipinski definition) is 8. The molecule has 0 atom stereocenters. The van der Waals surface area contributed by atoms with Crippen LogP contribution in [0.25, 0.3) is 11.3 Å². The van der Waals surface area contributed by atoms with E-state index in [0.717, 1.165) is 46.9 Å². The third-order valence-electron chi connectivity index (χ3n) is 7.60. The summed E-state index contributed by atoms with van der Waals surface area (Å²) in [7, 11) is 7.77. The molecule has 10 nitrogen and oxygen atoms in total. The molecule has 44 heavy (non-hydrogen) atoms. The second-order valence-electron chi connectivity index (χ2n) is 11.6. The van der Waals surface area contributed by atoms with E-state index in [-0.39, 0.29) is 17.7 Å². The molecule has 2 aliphatic rings. The number of likely N-dealkylation sites (N-methyl/N-ethyl adjacent to an activating group) is 2. The van der Waals surface area contributed by atoms with Crippen LogP contribution in [0.3, 0.4) is 0 Å². The minimum atomic E-state index is -0.239. The molecular weight excluding hydrogens is 554 g/mol. The summed E-state index contributed by atoms with van der Waals surface area (Å²) < 4.78 is 5.97. The lowest BCUT2D eigenvalue weighted by Gasteiger charge is -2.39. The fraction of sp³-hybridized carbons (Fsp3) is 0.353. The topological polar surface area (TPSA) is 94.1 Å². The Morgan fingerprint density at radius 2 is 1.93 bits per heavy atom. The number of nitrogens with one attached hydrogen (secondary N) is 1. The second-order valence-corrected chi connectivity index (χ2v) is 11.6. The van der Waals surface area contributed by atoms with E-state index in [2.05, 4.69) is 40.5 Å². The number of anilines is 3. The van der Waals surface area contributed by atoms with Crippen molar-refractivity contribution in [2.45, 2.75) is 13.0 Å². The Morgan fingerprint density at radius 1 is 1.09 bits per heavy atom. The predicted molar refractivity (Wildman–Crippen MR) is 174 cm³/mol. The van der Waals surface area contributed by atoms with E-state index in [4.69, 9.17) is 9.72 Å². The summed E-state index contributed by atoms with van der Waals surface area (Å²) >= 11 is 0. The van der Waals surface area contributed by atoms with Crippen molar-refractivity contribution in [1.29, 1.82) is 0 Å². The molecule has 0 aliphatic carbocycles. The van der Waals surface area contributed by atoms with Gasteiger partial charge in [-0.1, -0.05) is 30.4 Å². The van der Waals surface area contributed by atoms with Gasteiger partial charge in [0.05, 0.1) is 18.2 Å². The Labute approximate surface area is 259 Å². The maximum atomic E-state index is 13.5. The quantitative estimate of drug-likeness (QED) is 0.347. The predicted octanol–water partition coefficient (Wildman–Crippen LogP) is 4.20. The lowest BCUT2D eigenvalue weighted by Crippen LogP contribution is -2.55. The molecule has 3 heterocycles. The molecule has 1 aromatic heterocycles. The monoisotopic (exact) mass is 595 g/mol. The molecule has 2 aliphatic heterocycles. The van der Waals surface area contributed by atoms with E-state index in [1.54, 1.807) is 29.1 Å². The van der Waals surface area contributed by atoms with Crippen LogP contribution < -0.4 is 15.0 Å². The van der Waals surface area contributed by atoms with Gasteiger partial charge in [-0.2, -0.15) is 0 Å².